The quantitative estimate of drug-likeness (QED) is 0.873. The van der Waals surface area contributed by atoms with Crippen LogP contribution >= 0.6 is 0 Å². The largest absolute Gasteiger partial charge is 0.341 e. The van der Waals surface area contributed by atoms with Crippen molar-refractivity contribution in [2.24, 2.45) is 0 Å². The molecule has 1 fully saturated rings. The number of nitrogens with one attached hydrogen (secondary N) is 1. The van der Waals surface area contributed by atoms with Gasteiger partial charge in [0.1, 0.15) is 0 Å². The molecule has 1 aliphatic heterocycles. The molecule has 0 saturated carbocycles. The summed E-state index contributed by atoms with van der Waals surface area (Å²) in [4.78, 5) is 14.3. The van der Waals surface area contributed by atoms with E-state index >= 15 is 0 Å². The molecule has 1 N–H and O–H groups in total. The topological polar surface area (TPSA) is 32.3 Å². The normalized spacial score (nSPS) is 17.8. The summed E-state index contributed by atoms with van der Waals surface area (Å²) in [5.41, 5.74) is 2.69. The molecule has 2 atom stereocenters. The van der Waals surface area contributed by atoms with Crippen LogP contribution in [0.3, 0.4) is 0 Å². The number of benzene rings is 1. The Hall–Kier alpha value is -1.35. The summed E-state index contributed by atoms with van der Waals surface area (Å²) in [5, 5.41) is 3.45. The minimum atomic E-state index is -0.0735. The van der Waals surface area contributed by atoms with Gasteiger partial charge in [-0.05, 0) is 52.0 Å². The van der Waals surface area contributed by atoms with Gasteiger partial charge in [0.05, 0.1) is 6.04 Å². The van der Waals surface area contributed by atoms with Gasteiger partial charge in [0.25, 0.3) is 0 Å². The molecule has 2 unspecified atom stereocenters. The fraction of sp³-hybridized carbons (Fsp3) is 0.611. The second-order valence-corrected chi connectivity index (χ2v) is 6.35. The maximum Gasteiger partial charge on any atom is 0.239 e. The molecule has 1 aromatic carbocycles. The van der Waals surface area contributed by atoms with E-state index < -0.39 is 0 Å². The number of hydrogen-bond donors (Lipinski definition) is 1. The van der Waals surface area contributed by atoms with Crippen molar-refractivity contribution >= 4 is 5.91 Å². The summed E-state index contributed by atoms with van der Waals surface area (Å²) in [7, 11) is 0. The molecule has 1 amide bonds. The number of hydrogen-bond acceptors (Lipinski definition) is 2. The summed E-state index contributed by atoms with van der Waals surface area (Å²) < 4.78 is 0. The molecule has 0 radical (unpaired) electrons. The molecule has 1 heterocycles. The molecule has 3 heteroatoms. The zero-order valence-corrected chi connectivity index (χ0v) is 13.6. The first-order valence-corrected chi connectivity index (χ1v) is 8.16. The highest BCUT2D eigenvalue weighted by molar-refractivity contribution is 5.81. The van der Waals surface area contributed by atoms with Crippen LogP contribution < -0.4 is 5.32 Å². The van der Waals surface area contributed by atoms with Crippen molar-refractivity contribution in [1.29, 1.82) is 0 Å². The monoisotopic (exact) mass is 288 g/mol. The number of rotatable bonds is 6. The van der Waals surface area contributed by atoms with E-state index in [0.29, 0.717) is 6.04 Å². The van der Waals surface area contributed by atoms with Gasteiger partial charge in [-0.3, -0.25) is 4.79 Å². The van der Waals surface area contributed by atoms with Gasteiger partial charge in [-0.15, -0.1) is 0 Å². The standard InChI is InChI=1S/C18H28N2O/c1-14-7-6-8-17(13-14)10-9-15(2)19-16(3)18(21)20-11-4-5-12-20/h6-8,13,15-16,19H,4-5,9-12H2,1-3H3. The number of aryl methyl sites for hydroxylation is 2. The van der Waals surface area contributed by atoms with Crippen LogP contribution in [0.25, 0.3) is 0 Å². The average Bonchev–Trinajstić information content (AvgIpc) is 2.98. The first-order chi connectivity index (χ1) is 10.1. The molecule has 1 aromatic rings. The number of carbonyl (C=O) groups is 1. The predicted octanol–water partition coefficient (Wildman–Crippen LogP) is 2.92. The van der Waals surface area contributed by atoms with Gasteiger partial charge < -0.3 is 10.2 Å². The van der Waals surface area contributed by atoms with Crippen LogP contribution in [0.15, 0.2) is 24.3 Å². The van der Waals surface area contributed by atoms with Crippen molar-refractivity contribution < 1.29 is 4.79 Å². The van der Waals surface area contributed by atoms with Gasteiger partial charge >= 0.3 is 0 Å². The van der Waals surface area contributed by atoms with E-state index in [2.05, 4.69) is 43.4 Å². The average molecular weight is 288 g/mol. The lowest BCUT2D eigenvalue weighted by Gasteiger charge is -2.24. The van der Waals surface area contributed by atoms with Gasteiger partial charge in [0, 0.05) is 19.1 Å². The molecule has 1 aliphatic rings. The minimum absolute atomic E-state index is 0.0735. The van der Waals surface area contributed by atoms with Crippen molar-refractivity contribution in [3.05, 3.63) is 35.4 Å². The Kier molecular flexibility index (Phi) is 5.80. The Morgan fingerprint density at radius 3 is 2.67 bits per heavy atom. The van der Waals surface area contributed by atoms with E-state index in [4.69, 9.17) is 0 Å². The maximum absolute atomic E-state index is 12.3. The summed E-state index contributed by atoms with van der Waals surface area (Å²) >= 11 is 0. The first kappa shape index (κ1) is 16.0. The van der Waals surface area contributed by atoms with Crippen LogP contribution in [0, 0.1) is 6.92 Å². The summed E-state index contributed by atoms with van der Waals surface area (Å²) in [5.74, 6) is 0.259. The Bertz CT molecular complexity index is 466. The number of nitrogens with zero attached hydrogens (tertiary/aromatic N) is 1. The van der Waals surface area contributed by atoms with Crippen LogP contribution in [0.5, 0.6) is 0 Å². The SMILES string of the molecule is Cc1cccc(CCC(C)NC(C)C(=O)N2CCCC2)c1. The molecule has 0 aliphatic carbocycles. The number of carbonyl (C=O) groups excluding carboxylic acids is 1. The molecule has 21 heavy (non-hydrogen) atoms. The van der Waals surface area contributed by atoms with Gasteiger partial charge in [0.15, 0.2) is 0 Å². The van der Waals surface area contributed by atoms with Crippen molar-refractivity contribution in [1.82, 2.24) is 10.2 Å². The first-order valence-electron chi connectivity index (χ1n) is 8.16. The summed E-state index contributed by atoms with van der Waals surface area (Å²) in [6.45, 7) is 8.15. The molecular formula is C18H28N2O. The van der Waals surface area contributed by atoms with E-state index in [1.807, 2.05) is 11.8 Å². The number of amides is 1. The van der Waals surface area contributed by atoms with E-state index in [1.54, 1.807) is 0 Å². The van der Waals surface area contributed by atoms with Crippen LogP contribution in [-0.2, 0) is 11.2 Å². The van der Waals surface area contributed by atoms with E-state index in [-0.39, 0.29) is 11.9 Å². The minimum Gasteiger partial charge on any atom is -0.341 e. The zero-order valence-electron chi connectivity index (χ0n) is 13.6. The fourth-order valence-corrected chi connectivity index (χ4v) is 3.04. The van der Waals surface area contributed by atoms with Crippen molar-refractivity contribution in [2.45, 2.75) is 58.5 Å². The molecule has 2 rings (SSSR count). The predicted molar refractivity (Wildman–Crippen MR) is 87.4 cm³/mol. The van der Waals surface area contributed by atoms with Gasteiger partial charge in [-0.2, -0.15) is 0 Å². The van der Waals surface area contributed by atoms with E-state index in [1.165, 1.54) is 11.1 Å². The lowest BCUT2D eigenvalue weighted by atomic mass is 10.0. The lowest BCUT2D eigenvalue weighted by Crippen LogP contribution is -2.46. The van der Waals surface area contributed by atoms with Gasteiger partial charge in [-0.1, -0.05) is 29.8 Å². The van der Waals surface area contributed by atoms with Crippen LogP contribution in [0.4, 0.5) is 0 Å². The van der Waals surface area contributed by atoms with Gasteiger partial charge in [-0.25, -0.2) is 0 Å². The number of likely N-dealkylation sites (tertiary alicyclic amines) is 1. The van der Waals surface area contributed by atoms with Crippen molar-refractivity contribution in [3.63, 3.8) is 0 Å². The molecular weight excluding hydrogens is 260 g/mol. The second kappa shape index (κ2) is 7.60. The third-order valence-corrected chi connectivity index (χ3v) is 4.27. The molecule has 1 saturated heterocycles. The van der Waals surface area contributed by atoms with Crippen molar-refractivity contribution in [3.8, 4) is 0 Å². The third kappa shape index (κ3) is 4.85. The molecule has 0 aromatic heterocycles. The van der Waals surface area contributed by atoms with Crippen molar-refractivity contribution in [2.75, 3.05) is 13.1 Å². The summed E-state index contributed by atoms with van der Waals surface area (Å²) in [6, 6.07) is 8.94. The fourth-order valence-electron chi connectivity index (χ4n) is 3.04. The lowest BCUT2D eigenvalue weighted by molar-refractivity contribution is -0.132. The second-order valence-electron chi connectivity index (χ2n) is 6.35. The highest BCUT2D eigenvalue weighted by atomic mass is 16.2. The molecule has 3 nitrogen and oxygen atoms in total. The molecule has 0 bridgehead atoms. The van der Waals surface area contributed by atoms with Gasteiger partial charge in [0.2, 0.25) is 5.91 Å². The third-order valence-electron chi connectivity index (χ3n) is 4.27. The van der Waals surface area contributed by atoms with Crippen LogP contribution in [0.2, 0.25) is 0 Å². The molecule has 116 valence electrons. The smallest absolute Gasteiger partial charge is 0.239 e. The summed E-state index contributed by atoms with van der Waals surface area (Å²) in [6.07, 6.45) is 4.42. The molecule has 0 spiro atoms. The Morgan fingerprint density at radius 2 is 2.00 bits per heavy atom. The van der Waals surface area contributed by atoms with E-state index in [0.717, 1.165) is 38.8 Å². The Morgan fingerprint density at radius 1 is 1.29 bits per heavy atom. The Balaban J connectivity index is 1.75. The zero-order chi connectivity index (χ0) is 15.2. The Labute approximate surface area is 128 Å². The van der Waals surface area contributed by atoms with Crippen LogP contribution in [-0.4, -0.2) is 36.0 Å². The van der Waals surface area contributed by atoms with E-state index in [9.17, 15) is 4.79 Å². The highest BCUT2D eigenvalue weighted by Crippen LogP contribution is 2.11. The maximum atomic E-state index is 12.3. The van der Waals surface area contributed by atoms with Crippen LogP contribution in [0.1, 0.15) is 44.2 Å². The highest BCUT2D eigenvalue weighted by Gasteiger charge is 2.23.